The highest BCUT2D eigenvalue weighted by Gasteiger charge is 2.36. The van der Waals surface area contributed by atoms with Crippen LogP contribution in [0.5, 0.6) is 11.5 Å². The summed E-state index contributed by atoms with van der Waals surface area (Å²) < 4.78 is 11.2. The van der Waals surface area contributed by atoms with Crippen LogP contribution in [0.15, 0.2) is 66.7 Å². The van der Waals surface area contributed by atoms with Crippen molar-refractivity contribution in [3.8, 4) is 22.9 Å². The van der Waals surface area contributed by atoms with Crippen molar-refractivity contribution in [2.75, 3.05) is 30.0 Å². The van der Waals surface area contributed by atoms with Crippen molar-refractivity contribution in [3.05, 3.63) is 66.7 Å². The minimum absolute atomic E-state index is 0.0950. The van der Waals surface area contributed by atoms with Gasteiger partial charge in [-0.05, 0) is 36.4 Å². The first-order valence-corrected chi connectivity index (χ1v) is 11.2. The molecular formula is C26H22N4O4. The van der Waals surface area contributed by atoms with Crippen LogP contribution in [0.1, 0.15) is 6.42 Å². The maximum absolute atomic E-state index is 13.2. The smallest absolute Gasteiger partial charge is 0.229 e. The van der Waals surface area contributed by atoms with Crippen molar-refractivity contribution in [1.82, 2.24) is 9.97 Å². The van der Waals surface area contributed by atoms with E-state index in [9.17, 15) is 9.59 Å². The normalized spacial score (nSPS) is 17.2. The summed E-state index contributed by atoms with van der Waals surface area (Å²) in [6, 6.07) is 20.7. The summed E-state index contributed by atoms with van der Waals surface area (Å²) in [7, 11) is 0. The van der Waals surface area contributed by atoms with E-state index in [1.54, 1.807) is 17.0 Å². The lowest BCUT2D eigenvalue weighted by Crippen LogP contribution is -2.28. The highest BCUT2D eigenvalue weighted by molar-refractivity contribution is 6.04. The third-order valence-corrected chi connectivity index (χ3v) is 6.16. The summed E-state index contributed by atoms with van der Waals surface area (Å²) >= 11 is 0. The van der Waals surface area contributed by atoms with Crippen LogP contribution in [-0.4, -0.2) is 41.5 Å². The Balaban J connectivity index is 1.21. The zero-order valence-corrected chi connectivity index (χ0v) is 18.3. The molecule has 0 spiro atoms. The molecule has 0 unspecified atom stereocenters. The molecular weight excluding hydrogens is 432 g/mol. The lowest BCUT2D eigenvalue weighted by atomic mass is 10.1. The number of H-pyrrole nitrogens is 1. The Bertz CT molecular complexity index is 1380. The Kier molecular flexibility index (Phi) is 4.91. The molecule has 0 aliphatic carbocycles. The van der Waals surface area contributed by atoms with Gasteiger partial charge in [0.05, 0.1) is 22.6 Å². The standard InChI is InChI=1S/C26H22N4O4/c31-24-13-16(15-30(24)17-9-10-22-23(14-17)34-12-11-33-22)26(32)29-19-6-2-1-5-18(19)25-27-20-7-3-4-8-21(20)28-25/h1-10,14,16H,11-13,15H2,(H,27,28)(H,29,32)/t16-/m1/s1. The minimum Gasteiger partial charge on any atom is -0.486 e. The van der Waals surface area contributed by atoms with E-state index in [4.69, 9.17) is 9.47 Å². The molecule has 2 aliphatic heterocycles. The van der Waals surface area contributed by atoms with Crippen LogP contribution in [-0.2, 0) is 9.59 Å². The van der Waals surface area contributed by atoms with Gasteiger partial charge >= 0.3 is 0 Å². The van der Waals surface area contributed by atoms with E-state index < -0.39 is 5.92 Å². The van der Waals surface area contributed by atoms with Gasteiger partial charge in [0.25, 0.3) is 0 Å². The number of hydrogen-bond donors (Lipinski definition) is 2. The maximum Gasteiger partial charge on any atom is 0.229 e. The van der Waals surface area contributed by atoms with Gasteiger partial charge in [0.1, 0.15) is 19.0 Å². The van der Waals surface area contributed by atoms with Crippen LogP contribution in [0.25, 0.3) is 22.4 Å². The largest absolute Gasteiger partial charge is 0.486 e. The molecule has 4 aromatic rings. The maximum atomic E-state index is 13.2. The molecule has 0 saturated carbocycles. The van der Waals surface area contributed by atoms with E-state index in [0.717, 1.165) is 16.6 Å². The number of hydrogen-bond acceptors (Lipinski definition) is 5. The summed E-state index contributed by atoms with van der Waals surface area (Å²) in [6.45, 7) is 1.28. The Labute approximate surface area is 195 Å². The van der Waals surface area contributed by atoms with Gasteiger partial charge in [-0.1, -0.05) is 24.3 Å². The molecule has 1 saturated heterocycles. The Hall–Kier alpha value is -4.33. The predicted octanol–water partition coefficient (Wildman–Crippen LogP) is 3.99. The second kappa shape index (κ2) is 8.22. The molecule has 3 aromatic carbocycles. The van der Waals surface area contributed by atoms with Crippen LogP contribution in [0.4, 0.5) is 11.4 Å². The number of nitrogens with one attached hydrogen (secondary N) is 2. The number of aromatic amines is 1. The highest BCUT2D eigenvalue weighted by atomic mass is 16.6. The summed E-state index contributed by atoms with van der Waals surface area (Å²) in [5, 5.41) is 3.02. The SMILES string of the molecule is O=C(Nc1ccccc1-c1nc2ccccc2[nH]1)[C@@H]1CC(=O)N(c2ccc3c(c2)OCCO3)C1. The second-order valence-electron chi connectivity index (χ2n) is 8.37. The fourth-order valence-corrected chi connectivity index (χ4v) is 4.45. The minimum atomic E-state index is -0.468. The van der Waals surface area contributed by atoms with Crippen molar-refractivity contribution in [2.45, 2.75) is 6.42 Å². The van der Waals surface area contributed by atoms with E-state index in [1.165, 1.54) is 0 Å². The molecule has 8 nitrogen and oxygen atoms in total. The first kappa shape index (κ1) is 20.3. The van der Waals surface area contributed by atoms with Gasteiger partial charge in [0.15, 0.2) is 11.5 Å². The first-order valence-electron chi connectivity index (χ1n) is 11.2. The van der Waals surface area contributed by atoms with Gasteiger partial charge in [0.2, 0.25) is 11.8 Å². The van der Waals surface area contributed by atoms with E-state index in [-0.39, 0.29) is 18.2 Å². The Morgan fingerprint density at radius 1 is 1.00 bits per heavy atom. The Morgan fingerprint density at radius 3 is 2.68 bits per heavy atom. The first-order chi connectivity index (χ1) is 16.7. The van der Waals surface area contributed by atoms with Crippen molar-refractivity contribution < 1.29 is 19.1 Å². The number of rotatable bonds is 4. The van der Waals surface area contributed by atoms with E-state index in [1.807, 2.05) is 54.6 Å². The van der Waals surface area contributed by atoms with Crippen LogP contribution in [0.3, 0.4) is 0 Å². The number of para-hydroxylation sites is 3. The van der Waals surface area contributed by atoms with Gasteiger partial charge in [-0.25, -0.2) is 4.98 Å². The third kappa shape index (κ3) is 3.63. The fourth-order valence-electron chi connectivity index (χ4n) is 4.45. The molecule has 8 heteroatoms. The van der Waals surface area contributed by atoms with Crippen LogP contribution in [0, 0.1) is 5.92 Å². The number of benzene rings is 3. The van der Waals surface area contributed by atoms with Crippen molar-refractivity contribution in [2.24, 2.45) is 5.92 Å². The van der Waals surface area contributed by atoms with Gasteiger partial charge in [-0.2, -0.15) is 0 Å². The molecule has 1 atom stereocenters. The van der Waals surface area contributed by atoms with Gasteiger partial charge in [-0.15, -0.1) is 0 Å². The quantitative estimate of drug-likeness (QED) is 0.486. The molecule has 1 aromatic heterocycles. The van der Waals surface area contributed by atoms with Crippen LogP contribution >= 0.6 is 0 Å². The number of imidazole rings is 1. The summed E-state index contributed by atoms with van der Waals surface area (Å²) in [4.78, 5) is 35.5. The van der Waals surface area contributed by atoms with Gasteiger partial charge in [0, 0.05) is 30.3 Å². The molecule has 3 heterocycles. The van der Waals surface area contributed by atoms with E-state index >= 15 is 0 Å². The zero-order valence-electron chi connectivity index (χ0n) is 18.3. The van der Waals surface area contributed by atoms with Crippen LogP contribution < -0.4 is 19.7 Å². The molecule has 2 amide bonds. The Morgan fingerprint density at radius 2 is 1.79 bits per heavy atom. The third-order valence-electron chi connectivity index (χ3n) is 6.16. The lowest BCUT2D eigenvalue weighted by Gasteiger charge is -2.22. The highest BCUT2D eigenvalue weighted by Crippen LogP contribution is 2.36. The second-order valence-corrected chi connectivity index (χ2v) is 8.37. The number of anilines is 2. The average molecular weight is 454 g/mol. The van der Waals surface area contributed by atoms with Crippen LogP contribution in [0.2, 0.25) is 0 Å². The zero-order chi connectivity index (χ0) is 23.1. The van der Waals surface area contributed by atoms with Crippen molar-refractivity contribution in [3.63, 3.8) is 0 Å². The van der Waals surface area contributed by atoms with Gasteiger partial charge < -0.3 is 24.7 Å². The molecule has 170 valence electrons. The molecule has 1 fully saturated rings. The number of nitrogens with zero attached hydrogens (tertiary/aromatic N) is 2. The summed E-state index contributed by atoms with van der Waals surface area (Å²) in [5.41, 5.74) is 3.93. The predicted molar refractivity (Wildman–Crippen MR) is 128 cm³/mol. The number of aromatic nitrogens is 2. The summed E-state index contributed by atoms with van der Waals surface area (Å²) in [6.07, 6.45) is 0.146. The summed E-state index contributed by atoms with van der Waals surface area (Å²) in [5.74, 6) is 1.20. The number of amides is 2. The molecule has 2 aliphatic rings. The lowest BCUT2D eigenvalue weighted by molar-refractivity contribution is -0.122. The average Bonchev–Trinajstić information content (AvgIpc) is 3.48. The van der Waals surface area contributed by atoms with E-state index in [0.29, 0.717) is 48.5 Å². The molecule has 34 heavy (non-hydrogen) atoms. The number of carbonyl (C=O) groups is 2. The number of carbonyl (C=O) groups excluding carboxylic acids is 2. The van der Waals surface area contributed by atoms with Crippen molar-refractivity contribution in [1.29, 1.82) is 0 Å². The molecule has 2 N–H and O–H groups in total. The molecule has 6 rings (SSSR count). The molecule has 0 bridgehead atoms. The molecule has 0 radical (unpaired) electrons. The van der Waals surface area contributed by atoms with Crippen molar-refractivity contribution >= 4 is 34.2 Å². The topological polar surface area (TPSA) is 96.5 Å². The van der Waals surface area contributed by atoms with E-state index in [2.05, 4.69) is 15.3 Å². The number of fused-ring (bicyclic) bond motifs is 2. The number of ether oxygens (including phenoxy) is 2. The monoisotopic (exact) mass is 454 g/mol. The fraction of sp³-hybridized carbons (Fsp3) is 0.192. The van der Waals surface area contributed by atoms with Gasteiger partial charge in [-0.3, -0.25) is 9.59 Å².